The number of rotatable bonds is 6. The Morgan fingerprint density at radius 2 is 1.23 bits per heavy atom. The maximum atomic E-state index is 9.87. The monoisotopic (exact) mass is 584 g/mol. The second-order valence-corrected chi connectivity index (χ2v) is 6.64. The zero-order valence-corrected chi connectivity index (χ0v) is 15.9. The van der Waals surface area contributed by atoms with E-state index in [9.17, 15) is 30.3 Å². The first-order chi connectivity index (χ1) is 11.3. The summed E-state index contributed by atoms with van der Waals surface area (Å²) in [6, 6.07) is 7.40. The van der Waals surface area contributed by atoms with Crippen LogP contribution in [0.15, 0.2) is 46.6 Å². The van der Waals surface area contributed by atoms with Crippen molar-refractivity contribution in [3.8, 4) is 0 Å². The molecule has 0 atom stereocenters. The van der Waals surface area contributed by atoms with Crippen molar-refractivity contribution in [1.29, 1.82) is 0 Å². The van der Waals surface area contributed by atoms with Crippen LogP contribution in [0.4, 0.5) is 25.2 Å². The van der Waals surface area contributed by atoms with Gasteiger partial charge >= 0.3 is 55.4 Å². The van der Waals surface area contributed by atoms with Gasteiger partial charge in [0.05, 0.1) is 19.2 Å². The zero-order valence-electron chi connectivity index (χ0n) is 12.9. The van der Waals surface area contributed by atoms with Gasteiger partial charge in [0.25, 0.3) is 0 Å². The van der Waals surface area contributed by atoms with Gasteiger partial charge in [-0.05, 0) is 0 Å². The summed E-state index contributed by atoms with van der Waals surface area (Å²) in [4.78, 5) is 16.3. The number of aliphatic imine (C=N–C) groups is 2. The number of aliphatic hydroxyl groups excluding tert-OH is 1. The number of hydrogen-bond donors (Lipinski definition) is 1. The van der Waals surface area contributed by atoms with Crippen molar-refractivity contribution < 1.29 is 52.7 Å². The molecule has 2 aromatic heterocycles. The predicted octanol–water partition coefficient (Wildman–Crippen LogP) is 3.88. The third-order valence-corrected chi connectivity index (χ3v) is 2.23. The molecular formula is C13H14AuF6N4OP. The Hall–Kier alpha value is -1.39. The summed E-state index contributed by atoms with van der Waals surface area (Å²) in [6.07, 6.45) is 6.11. The van der Waals surface area contributed by atoms with Crippen LogP contribution in [-0.2, 0) is 22.4 Å². The van der Waals surface area contributed by atoms with Crippen molar-refractivity contribution >= 4 is 20.2 Å². The molecule has 13 heteroatoms. The third kappa shape index (κ3) is 17.4. The summed E-state index contributed by atoms with van der Waals surface area (Å²) in [7, 11) is -10.7. The molecule has 1 N–H and O–H groups in total. The van der Waals surface area contributed by atoms with Crippen molar-refractivity contribution in [2.75, 3.05) is 13.1 Å². The van der Waals surface area contributed by atoms with Gasteiger partial charge in [0, 0.05) is 12.4 Å². The normalized spacial score (nSPS) is 15.7. The van der Waals surface area contributed by atoms with Crippen LogP contribution in [0.25, 0.3) is 0 Å². The Morgan fingerprint density at radius 1 is 0.885 bits per heavy atom. The van der Waals surface area contributed by atoms with Crippen LogP contribution in [0.3, 0.4) is 0 Å². The summed E-state index contributed by atoms with van der Waals surface area (Å²) in [5.74, 6) is 0. The molecule has 2 rings (SSSR count). The van der Waals surface area contributed by atoms with Gasteiger partial charge in [-0.15, -0.1) is 11.4 Å². The Morgan fingerprint density at radius 3 is 1.50 bits per heavy atom. The van der Waals surface area contributed by atoms with E-state index in [1.165, 1.54) is 0 Å². The number of aliphatic hydroxyl groups is 1. The molecule has 0 saturated heterocycles. The molecule has 0 unspecified atom stereocenters. The van der Waals surface area contributed by atoms with E-state index in [0.29, 0.717) is 13.1 Å². The molecule has 0 fully saturated rings. The van der Waals surface area contributed by atoms with Crippen molar-refractivity contribution in [2.45, 2.75) is 6.10 Å². The van der Waals surface area contributed by atoms with E-state index in [-0.39, 0.29) is 22.4 Å². The molecule has 0 saturated carbocycles. The fourth-order valence-electron chi connectivity index (χ4n) is 1.37. The van der Waals surface area contributed by atoms with Gasteiger partial charge in [0.1, 0.15) is 0 Å². The van der Waals surface area contributed by atoms with E-state index in [1.807, 2.05) is 24.3 Å². The molecule has 2 heterocycles. The summed E-state index contributed by atoms with van der Waals surface area (Å²) in [6.45, 7) is 0.636. The van der Waals surface area contributed by atoms with Crippen molar-refractivity contribution in [3.63, 3.8) is 0 Å². The Balaban J connectivity index is 0.000000673. The van der Waals surface area contributed by atoms with Crippen LogP contribution in [0, 0.1) is 0 Å². The van der Waals surface area contributed by atoms with Crippen LogP contribution in [0.2, 0.25) is 0 Å². The molecule has 5 nitrogen and oxygen atoms in total. The first-order valence-electron chi connectivity index (χ1n) is 6.69. The molecule has 0 spiro atoms. The van der Waals surface area contributed by atoms with E-state index in [4.69, 9.17) is 0 Å². The number of halogens is 6. The fraction of sp³-hybridized carbons (Fsp3) is 0.231. The van der Waals surface area contributed by atoms with Gasteiger partial charge in [0.2, 0.25) is 0 Å². The van der Waals surface area contributed by atoms with Gasteiger partial charge in [-0.1, -0.05) is 24.3 Å². The van der Waals surface area contributed by atoms with Gasteiger partial charge in [-0.2, -0.15) is 12.4 Å². The van der Waals surface area contributed by atoms with E-state index >= 15 is 0 Å². The van der Waals surface area contributed by atoms with Crippen LogP contribution >= 0.6 is 7.81 Å². The predicted molar refractivity (Wildman–Crippen MR) is 84.0 cm³/mol. The summed E-state index contributed by atoms with van der Waals surface area (Å²) < 4.78 is 59.2. The second-order valence-electron chi connectivity index (χ2n) is 4.72. The van der Waals surface area contributed by atoms with Gasteiger partial charge < -0.3 is 15.1 Å². The molecule has 0 aliphatic carbocycles. The van der Waals surface area contributed by atoms with Gasteiger partial charge in [-0.25, -0.2) is 0 Å². The van der Waals surface area contributed by atoms with E-state index in [2.05, 4.69) is 20.0 Å². The first kappa shape index (κ1) is 24.6. The minimum Gasteiger partial charge on any atom is -0.663 e. The van der Waals surface area contributed by atoms with E-state index in [1.54, 1.807) is 24.8 Å². The molecule has 0 radical (unpaired) electrons. The van der Waals surface area contributed by atoms with E-state index in [0.717, 1.165) is 11.4 Å². The third-order valence-electron chi connectivity index (χ3n) is 2.23. The number of hydrogen-bond acceptors (Lipinski definition) is 3. The summed E-state index contributed by atoms with van der Waals surface area (Å²) in [5.41, 5.74) is 1.60. The summed E-state index contributed by atoms with van der Waals surface area (Å²) >= 11 is 0. The van der Waals surface area contributed by atoms with Crippen molar-refractivity contribution in [3.05, 3.63) is 48.0 Å². The van der Waals surface area contributed by atoms with Gasteiger partial charge in [-0.3, -0.25) is 9.98 Å². The molecule has 0 aromatic carbocycles. The summed E-state index contributed by atoms with van der Waals surface area (Å²) in [5, 5.41) is 9.64. The molecule has 0 aliphatic rings. The molecule has 0 amide bonds. The molecule has 0 bridgehead atoms. The Labute approximate surface area is 160 Å². The maximum Gasteiger partial charge on any atom is 3.00 e. The van der Waals surface area contributed by atoms with Crippen LogP contribution in [-0.4, -0.2) is 36.7 Å². The van der Waals surface area contributed by atoms with Crippen molar-refractivity contribution in [2.24, 2.45) is 9.98 Å². The first-order valence-corrected chi connectivity index (χ1v) is 8.72. The van der Waals surface area contributed by atoms with Crippen molar-refractivity contribution in [1.82, 2.24) is 9.97 Å². The van der Waals surface area contributed by atoms with E-state index < -0.39 is 13.9 Å². The van der Waals surface area contributed by atoms with Gasteiger partial charge in [0.15, 0.2) is 0 Å². The average Bonchev–Trinajstić information content (AvgIpc) is 3.07. The Bertz CT molecular complexity index is 628. The molecular weight excluding hydrogens is 570 g/mol. The standard InChI is InChI=1S/C13H14N4O.Au.F6P/c18-13(9-14-7-11-3-1-5-16-11)10-15-8-12-4-2-6-17-12;;1-7(2,3,4,5)6/h1-8,13,18H,9-10H2;;/q-2;+3;-1. The zero-order chi connectivity index (χ0) is 19.0. The van der Waals surface area contributed by atoms with Crippen LogP contribution in [0.1, 0.15) is 11.4 Å². The minimum absolute atomic E-state index is 0. The largest absolute Gasteiger partial charge is 3.00 e. The quantitative estimate of drug-likeness (QED) is 0.243. The smallest absolute Gasteiger partial charge is 0.663 e. The van der Waals surface area contributed by atoms with Crippen LogP contribution < -0.4 is 9.97 Å². The maximum absolute atomic E-state index is 10.7. The molecule has 0 aliphatic heterocycles. The second kappa shape index (κ2) is 9.01. The molecule has 150 valence electrons. The topological polar surface area (TPSA) is 73.2 Å². The molecule has 26 heavy (non-hydrogen) atoms. The Kier molecular flexibility index (Phi) is 8.52. The number of aromatic nitrogens is 2. The number of nitrogens with zero attached hydrogens (tertiary/aromatic N) is 4. The fourth-order valence-corrected chi connectivity index (χ4v) is 1.37. The average molecular weight is 584 g/mol. The minimum atomic E-state index is -10.7. The SMILES string of the molecule is F[P-](F)(F)(F)(F)F.OC(CN=Cc1ccc[n-]1)CN=Cc1ccc[n-]1.[Au+3]. The molecule has 2 aromatic rings. The van der Waals surface area contributed by atoms with Crippen LogP contribution in [0.5, 0.6) is 0 Å².